The lowest BCUT2D eigenvalue weighted by atomic mass is 10.0. The van der Waals surface area contributed by atoms with Crippen molar-refractivity contribution in [2.24, 2.45) is 0 Å². The Kier molecular flexibility index (Phi) is 4.88. The summed E-state index contributed by atoms with van der Waals surface area (Å²) in [5.74, 6) is 0.685. The van der Waals surface area contributed by atoms with E-state index < -0.39 is 0 Å². The van der Waals surface area contributed by atoms with Crippen molar-refractivity contribution >= 4 is 22.8 Å². The first-order valence-corrected chi connectivity index (χ1v) is 8.68. The number of hydrogen-bond acceptors (Lipinski definition) is 3. The fourth-order valence-electron chi connectivity index (χ4n) is 3.30. The van der Waals surface area contributed by atoms with E-state index in [1.807, 2.05) is 44.2 Å². The van der Waals surface area contributed by atoms with E-state index >= 15 is 0 Å². The Morgan fingerprint density at radius 1 is 1.33 bits per heavy atom. The number of fused-ring (bicyclic) bond motifs is 1. The number of hydrogen-bond donors (Lipinski definition) is 1. The molecule has 1 aliphatic heterocycles. The molecule has 2 aromatic rings. The van der Waals surface area contributed by atoms with E-state index in [1.54, 1.807) is 4.90 Å². The molecule has 1 N–H and O–H groups in total. The first kappa shape index (κ1) is 16.6. The summed E-state index contributed by atoms with van der Waals surface area (Å²) in [4.78, 5) is 26.5. The Morgan fingerprint density at radius 2 is 2.12 bits per heavy atom. The molecule has 0 spiro atoms. The lowest BCUT2D eigenvalue weighted by Crippen LogP contribution is -2.52. The van der Waals surface area contributed by atoms with Crippen LogP contribution in [0.4, 0.5) is 0 Å². The summed E-state index contributed by atoms with van der Waals surface area (Å²) in [5, 5.41) is 4.03. The average molecular weight is 328 g/mol. The second-order valence-corrected chi connectivity index (χ2v) is 6.37. The highest BCUT2D eigenvalue weighted by atomic mass is 16.3. The first-order valence-electron chi connectivity index (χ1n) is 8.68. The Labute approximate surface area is 142 Å². The van der Waals surface area contributed by atoms with Gasteiger partial charge < -0.3 is 14.6 Å². The van der Waals surface area contributed by atoms with Gasteiger partial charge in [-0.25, -0.2) is 0 Å². The maximum Gasteiger partial charge on any atom is 0.243 e. The number of para-hydroxylation sites is 1. The minimum atomic E-state index is -0.363. The third kappa shape index (κ3) is 3.30. The van der Waals surface area contributed by atoms with Gasteiger partial charge in [0.05, 0.1) is 6.04 Å². The van der Waals surface area contributed by atoms with E-state index in [-0.39, 0.29) is 23.9 Å². The molecule has 1 aliphatic rings. The van der Waals surface area contributed by atoms with Gasteiger partial charge in [-0.2, -0.15) is 0 Å². The van der Waals surface area contributed by atoms with Gasteiger partial charge in [0.2, 0.25) is 11.8 Å². The highest BCUT2D eigenvalue weighted by molar-refractivity contribution is 5.88. The summed E-state index contributed by atoms with van der Waals surface area (Å²) in [6.45, 7) is 4.41. The molecule has 2 atom stereocenters. The fraction of sp³-hybridized carbons (Fsp3) is 0.474. The van der Waals surface area contributed by atoms with Crippen LogP contribution in [-0.4, -0.2) is 29.3 Å². The number of benzene rings is 1. The van der Waals surface area contributed by atoms with Crippen molar-refractivity contribution in [2.45, 2.75) is 51.6 Å². The summed E-state index contributed by atoms with van der Waals surface area (Å²) >= 11 is 0. The molecule has 1 aromatic heterocycles. The summed E-state index contributed by atoms with van der Waals surface area (Å²) in [6.07, 6.45) is 3.10. The monoisotopic (exact) mass is 328 g/mol. The van der Waals surface area contributed by atoms with Crippen LogP contribution in [-0.2, 0) is 9.59 Å². The quantitative estimate of drug-likeness (QED) is 0.935. The van der Waals surface area contributed by atoms with Gasteiger partial charge in [-0.15, -0.1) is 0 Å². The van der Waals surface area contributed by atoms with Crippen LogP contribution in [0.5, 0.6) is 0 Å². The van der Waals surface area contributed by atoms with Crippen LogP contribution >= 0.6 is 0 Å². The molecule has 2 unspecified atom stereocenters. The van der Waals surface area contributed by atoms with Gasteiger partial charge in [-0.3, -0.25) is 9.59 Å². The van der Waals surface area contributed by atoms with Gasteiger partial charge in [0, 0.05) is 18.4 Å². The van der Waals surface area contributed by atoms with Crippen LogP contribution in [0, 0.1) is 0 Å². The number of carbonyl (C=O) groups is 2. The summed E-state index contributed by atoms with van der Waals surface area (Å²) in [7, 11) is 0. The minimum absolute atomic E-state index is 0.0474. The predicted octanol–water partition coefficient (Wildman–Crippen LogP) is 3.40. The normalized spacial score (nSPS) is 19.2. The molecule has 2 heterocycles. The Morgan fingerprint density at radius 3 is 2.88 bits per heavy atom. The van der Waals surface area contributed by atoms with E-state index in [1.165, 1.54) is 0 Å². The molecule has 0 saturated carbocycles. The Hall–Kier alpha value is -2.30. The van der Waals surface area contributed by atoms with Crippen LogP contribution in [0.15, 0.2) is 34.7 Å². The van der Waals surface area contributed by atoms with Crippen molar-refractivity contribution in [3.63, 3.8) is 0 Å². The van der Waals surface area contributed by atoms with Crippen LogP contribution < -0.4 is 5.32 Å². The second-order valence-electron chi connectivity index (χ2n) is 6.37. The van der Waals surface area contributed by atoms with Gasteiger partial charge in [0.15, 0.2) is 0 Å². The van der Waals surface area contributed by atoms with Crippen molar-refractivity contribution in [3.05, 3.63) is 36.1 Å². The topological polar surface area (TPSA) is 62.6 Å². The smallest absolute Gasteiger partial charge is 0.243 e. The standard InChI is InChI=1S/C19H24N2O3/c1-3-18(22)21-11-7-6-9-15(21)19(23)20-13(2)17-12-14-8-4-5-10-16(14)24-17/h4-5,8,10,12-13,15H,3,6-7,9,11H2,1-2H3,(H,20,23). The highest BCUT2D eigenvalue weighted by Gasteiger charge is 2.32. The van der Waals surface area contributed by atoms with Crippen molar-refractivity contribution in [2.75, 3.05) is 6.54 Å². The molecular weight excluding hydrogens is 304 g/mol. The number of nitrogens with one attached hydrogen (secondary N) is 1. The third-order valence-electron chi connectivity index (χ3n) is 4.66. The minimum Gasteiger partial charge on any atom is -0.459 e. The van der Waals surface area contributed by atoms with Crippen LogP contribution in [0.2, 0.25) is 0 Å². The average Bonchev–Trinajstić information content (AvgIpc) is 3.05. The fourth-order valence-corrected chi connectivity index (χ4v) is 3.30. The number of likely N-dealkylation sites (tertiary alicyclic amines) is 1. The van der Waals surface area contributed by atoms with Crippen molar-refractivity contribution in [1.82, 2.24) is 10.2 Å². The maximum absolute atomic E-state index is 12.7. The second kappa shape index (κ2) is 7.07. The van der Waals surface area contributed by atoms with Crippen LogP contribution in [0.3, 0.4) is 0 Å². The molecule has 128 valence electrons. The number of rotatable bonds is 4. The molecule has 1 saturated heterocycles. The predicted molar refractivity (Wildman–Crippen MR) is 92.4 cm³/mol. The molecule has 5 nitrogen and oxygen atoms in total. The molecule has 24 heavy (non-hydrogen) atoms. The van der Waals surface area contributed by atoms with Gasteiger partial charge in [0.25, 0.3) is 0 Å². The summed E-state index contributed by atoms with van der Waals surface area (Å²) in [6, 6.07) is 9.14. The van der Waals surface area contributed by atoms with Gasteiger partial charge in [0.1, 0.15) is 17.4 Å². The lowest BCUT2D eigenvalue weighted by Gasteiger charge is -2.35. The molecule has 0 bridgehead atoms. The van der Waals surface area contributed by atoms with Crippen molar-refractivity contribution in [1.29, 1.82) is 0 Å². The third-order valence-corrected chi connectivity index (χ3v) is 4.66. The van der Waals surface area contributed by atoms with Crippen LogP contribution in [0.1, 0.15) is 51.3 Å². The number of furan rings is 1. The largest absolute Gasteiger partial charge is 0.459 e. The number of piperidine rings is 1. The number of nitrogens with zero attached hydrogens (tertiary/aromatic N) is 1. The molecule has 5 heteroatoms. The molecular formula is C19H24N2O3. The summed E-state index contributed by atoms with van der Waals surface area (Å²) in [5.41, 5.74) is 0.814. The molecule has 3 rings (SSSR count). The molecule has 0 radical (unpaired) electrons. The first-order chi connectivity index (χ1) is 11.6. The highest BCUT2D eigenvalue weighted by Crippen LogP contribution is 2.24. The van der Waals surface area contributed by atoms with E-state index in [4.69, 9.17) is 4.42 Å². The molecule has 1 fully saturated rings. The van der Waals surface area contributed by atoms with E-state index in [0.717, 1.165) is 36.0 Å². The van der Waals surface area contributed by atoms with Crippen molar-refractivity contribution in [3.8, 4) is 0 Å². The van der Waals surface area contributed by atoms with E-state index in [0.29, 0.717) is 13.0 Å². The van der Waals surface area contributed by atoms with Gasteiger partial charge in [-0.05, 0) is 38.3 Å². The lowest BCUT2D eigenvalue weighted by molar-refractivity contribution is -0.142. The SMILES string of the molecule is CCC(=O)N1CCCCC1C(=O)NC(C)c1cc2ccccc2o1. The van der Waals surface area contributed by atoms with Crippen LogP contribution in [0.25, 0.3) is 11.0 Å². The van der Waals surface area contributed by atoms with Crippen molar-refractivity contribution < 1.29 is 14.0 Å². The van der Waals surface area contributed by atoms with Gasteiger partial charge in [-0.1, -0.05) is 25.1 Å². The Bertz CT molecular complexity index is 704. The zero-order valence-electron chi connectivity index (χ0n) is 14.2. The van der Waals surface area contributed by atoms with Gasteiger partial charge >= 0.3 is 0 Å². The molecule has 0 aliphatic carbocycles. The zero-order chi connectivity index (χ0) is 17.1. The Balaban J connectivity index is 1.71. The summed E-state index contributed by atoms with van der Waals surface area (Å²) < 4.78 is 5.82. The van der Waals surface area contributed by atoms with E-state index in [2.05, 4.69) is 5.32 Å². The number of amides is 2. The maximum atomic E-state index is 12.7. The molecule has 1 aromatic carbocycles. The van der Waals surface area contributed by atoms with E-state index in [9.17, 15) is 9.59 Å². The zero-order valence-corrected chi connectivity index (χ0v) is 14.2. The number of carbonyl (C=O) groups excluding carboxylic acids is 2. The molecule has 2 amide bonds.